The molecule has 106 valence electrons. The zero-order chi connectivity index (χ0) is 14.5. The van der Waals surface area contributed by atoms with Gasteiger partial charge >= 0.3 is 5.97 Å². The van der Waals surface area contributed by atoms with Crippen LogP contribution in [0.15, 0.2) is 24.5 Å². The molecule has 0 fully saturated rings. The molecule has 0 unspecified atom stereocenters. The lowest BCUT2D eigenvalue weighted by molar-refractivity contribution is 0.0691. The normalized spacial score (nSPS) is 10.5. The predicted molar refractivity (Wildman–Crippen MR) is 73.1 cm³/mol. The quantitative estimate of drug-likeness (QED) is 0.886. The maximum atomic E-state index is 11.1. The van der Waals surface area contributed by atoms with E-state index in [1.54, 1.807) is 16.8 Å². The minimum Gasteiger partial charge on any atom is -0.483 e. The Morgan fingerprint density at radius 1 is 1.50 bits per heavy atom. The molecule has 0 saturated heterocycles. The second kappa shape index (κ2) is 6.38. The molecule has 0 amide bonds. The Labute approximate surface area is 121 Å². The van der Waals surface area contributed by atoms with Crippen LogP contribution in [0.1, 0.15) is 29.5 Å². The molecule has 0 bridgehead atoms. The van der Waals surface area contributed by atoms with E-state index in [1.165, 1.54) is 12.4 Å². The van der Waals surface area contributed by atoms with Gasteiger partial charge in [-0.1, -0.05) is 24.6 Å². The number of carbonyl (C=O) groups is 1. The number of para-hydroxylation sites is 1. The van der Waals surface area contributed by atoms with Gasteiger partial charge in [0.15, 0.2) is 11.6 Å². The van der Waals surface area contributed by atoms with Crippen molar-refractivity contribution in [2.24, 2.45) is 0 Å². The van der Waals surface area contributed by atoms with Gasteiger partial charge in [-0.3, -0.25) is 0 Å². The highest BCUT2D eigenvalue weighted by Gasteiger charge is 2.15. The standard InChI is InChI=1S/C13H14ClN3O3/c1-2-6-17-11(15-8-16-17)7-20-12-9(13(18)19)4-3-5-10(12)14/h3-5,8H,2,6-7H2,1H3,(H,18,19). The molecule has 0 saturated carbocycles. The van der Waals surface area contributed by atoms with E-state index in [9.17, 15) is 4.79 Å². The Morgan fingerprint density at radius 3 is 3.00 bits per heavy atom. The van der Waals surface area contributed by atoms with Gasteiger partial charge in [0.1, 0.15) is 18.5 Å². The molecule has 0 aliphatic heterocycles. The minimum atomic E-state index is -1.09. The van der Waals surface area contributed by atoms with Crippen LogP contribution in [-0.2, 0) is 13.2 Å². The number of rotatable bonds is 6. The van der Waals surface area contributed by atoms with Gasteiger partial charge in [0.2, 0.25) is 0 Å². The van der Waals surface area contributed by atoms with Crippen LogP contribution in [0.4, 0.5) is 0 Å². The van der Waals surface area contributed by atoms with Crippen molar-refractivity contribution < 1.29 is 14.6 Å². The molecule has 1 aromatic heterocycles. The molecule has 7 heteroatoms. The van der Waals surface area contributed by atoms with Crippen molar-refractivity contribution >= 4 is 17.6 Å². The average Bonchev–Trinajstić information content (AvgIpc) is 2.85. The highest BCUT2D eigenvalue weighted by atomic mass is 35.5. The Bertz CT molecular complexity index is 613. The van der Waals surface area contributed by atoms with E-state index in [0.29, 0.717) is 5.82 Å². The summed E-state index contributed by atoms with van der Waals surface area (Å²) in [5, 5.41) is 13.4. The van der Waals surface area contributed by atoms with Crippen LogP contribution < -0.4 is 4.74 Å². The first kappa shape index (κ1) is 14.3. The molecule has 1 heterocycles. The van der Waals surface area contributed by atoms with Crippen LogP contribution in [0, 0.1) is 0 Å². The maximum absolute atomic E-state index is 11.1. The first-order valence-electron chi connectivity index (χ1n) is 6.14. The highest BCUT2D eigenvalue weighted by Crippen LogP contribution is 2.29. The molecule has 0 spiro atoms. The fourth-order valence-corrected chi connectivity index (χ4v) is 1.99. The smallest absolute Gasteiger partial charge is 0.339 e. The van der Waals surface area contributed by atoms with Gasteiger partial charge in [-0.2, -0.15) is 5.10 Å². The van der Waals surface area contributed by atoms with E-state index in [-0.39, 0.29) is 22.9 Å². The largest absolute Gasteiger partial charge is 0.483 e. The number of nitrogens with zero attached hydrogens (tertiary/aromatic N) is 3. The molecule has 6 nitrogen and oxygen atoms in total. The molecule has 20 heavy (non-hydrogen) atoms. The molecule has 1 N–H and O–H groups in total. The number of hydrogen-bond acceptors (Lipinski definition) is 4. The highest BCUT2D eigenvalue weighted by molar-refractivity contribution is 6.32. The Hall–Kier alpha value is -2.08. The summed E-state index contributed by atoms with van der Waals surface area (Å²) in [4.78, 5) is 15.2. The van der Waals surface area contributed by atoms with E-state index < -0.39 is 5.97 Å². The van der Waals surface area contributed by atoms with Gasteiger partial charge in [-0.15, -0.1) is 0 Å². The summed E-state index contributed by atoms with van der Waals surface area (Å²) in [6.07, 6.45) is 2.36. The molecule has 0 radical (unpaired) electrons. The van der Waals surface area contributed by atoms with Crippen LogP contribution in [-0.4, -0.2) is 25.8 Å². The Balaban J connectivity index is 2.18. The third kappa shape index (κ3) is 3.08. The second-order valence-corrected chi connectivity index (χ2v) is 4.52. The van der Waals surface area contributed by atoms with E-state index in [2.05, 4.69) is 10.1 Å². The van der Waals surface area contributed by atoms with Crippen molar-refractivity contribution in [2.45, 2.75) is 26.5 Å². The first-order valence-corrected chi connectivity index (χ1v) is 6.52. The summed E-state index contributed by atoms with van der Waals surface area (Å²) in [5.74, 6) is -0.312. The third-order valence-electron chi connectivity index (χ3n) is 2.67. The molecular weight excluding hydrogens is 282 g/mol. The fraction of sp³-hybridized carbons (Fsp3) is 0.308. The molecule has 0 aliphatic carbocycles. The lowest BCUT2D eigenvalue weighted by Crippen LogP contribution is -2.10. The lowest BCUT2D eigenvalue weighted by atomic mass is 10.2. The van der Waals surface area contributed by atoms with Crippen molar-refractivity contribution in [3.63, 3.8) is 0 Å². The number of carboxylic acid groups (broad SMARTS) is 1. The maximum Gasteiger partial charge on any atom is 0.339 e. The van der Waals surface area contributed by atoms with Crippen LogP contribution >= 0.6 is 11.6 Å². The van der Waals surface area contributed by atoms with Crippen molar-refractivity contribution in [1.82, 2.24) is 14.8 Å². The number of aromatic carboxylic acids is 1. The van der Waals surface area contributed by atoms with Gasteiger partial charge in [0.05, 0.1) is 5.02 Å². The monoisotopic (exact) mass is 295 g/mol. The fourth-order valence-electron chi connectivity index (χ4n) is 1.76. The number of aromatic nitrogens is 3. The molecule has 2 rings (SSSR count). The third-order valence-corrected chi connectivity index (χ3v) is 2.97. The number of halogens is 1. The van der Waals surface area contributed by atoms with Crippen LogP contribution in [0.2, 0.25) is 5.02 Å². The van der Waals surface area contributed by atoms with Gasteiger partial charge in [0.25, 0.3) is 0 Å². The van der Waals surface area contributed by atoms with Gasteiger partial charge in [-0.25, -0.2) is 14.5 Å². The van der Waals surface area contributed by atoms with E-state index in [0.717, 1.165) is 13.0 Å². The van der Waals surface area contributed by atoms with E-state index in [4.69, 9.17) is 21.4 Å². The second-order valence-electron chi connectivity index (χ2n) is 4.11. The van der Waals surface area contributed by atoms with Crippen molar-refractivity contribution in [1.29, 1.82) is 0 Å². The number of benzene rings is 1. The molecule has 0 aliphatic rings. The zero-order valence-corrected chi connectivity index (χ0v) is 11.7. The summed E-state index contributed by atoms with van der Waals surface area (Å²) < 4.78 is 7.24. The summed E-state index contributed by atoms with van der Waals surface area (Å²) in [6.45, 7) is 2.87. The Kier molecular flexibility index (Phi) is 4.57. The first-order chi connectivity index (χ1) is 9.63. The number of aryl methyl sites for hydroxylation is 1. The number of hydrogen-bond donors (Lipinski definition) is 1. The predicted octanol–water partition coefficient (Wildman–Crippen LogP) is 2.62. The molecule has 1 aromatic carbocycles. The van der Waals surface area contributed by atoms with Crippen LogP contribution in [0.3, 0.4) is 0 Å². The van der Waals surface area contributed by atoms with E-state index >= 15 is 0 Å². The SMILES string of the molecule is CCCn1ncnc1COc1c(Cl)cccc1C(=O)O. The van der Waals surface area contributed by atoms with Crippen LogP contribution in [0.25, 0.3) is 0 Å². The molecular formula is C13H14ClN3O3. The molecule has 0 atom stereocenters. The van der Waals surface area contributed by atoms with E-state index in [1.807, 2.05) is 6.92 Å². The molecule has 2 aromatic rings. The topological polar surface area (TPSA) is 77.2 Å². The zero-order valence-electron chi connectivity index (χ0n) is 10.9. The van der Waals surface area contributed by atoms with Gasteiger partial charge < -0.3 is 9.84 Å². The Morgan fingerprint density at radius 2 is 2.30 bits per heavy atom. The average molecular weight is 296 g/mol. The van der Waals surface area contributed by atoms with Crippen molar-refractivity contribution in [3.05, 3.63) is 40.9 Å². The summed E-state index contributed by atoms with van der Waals surface area (Å²) >= 11 is 5.98. The van der Waals surface area contributed by atoms with Crippen molar-refractivity contribution in [3.8, 4) is 5.75 Å². The van der Waals surface area contributed by atoms with Gasteiger partial charge in [0, 0.05) is 6.54 Å². The summed E-state index contributed by atoms with van der Waals surface area (Å²) in [6, 6.07) is 4.60. The summed E-state index contributed by atoms with van der Waals surface area (Å²) in [5.41, 5.74) is 0.0269. The number of ether oxygens (including phenoxy) is 1. The lowest BCUT2D eigenvalue weighted by Gasteiger charge is -2.11. The summed E-state index contributed by atoms with van der Waals surface area (Å²) in [7, 11) is 0. The minimum absolute atomic E-state index is 0.0269. The van der Waals surface area contributed by atoms with Gasteiger partial charge in [-0.05, 0) is 18.6 Å². The van der Waals surface area contributed by atoms with Crippen molar-refractivity contribution in [2.75, 3.05) is 0 Å². The van der Waals surface area contributed by atoms with Crippen LogP contribution in [0.5, 0.6) is 5.75 Å². The number of carboxylic acids is 1.